The van der Waals surface area contributed by atoms with Crippen molar-refractivity contribution in [1.29, 1.82) is 0 Å². The van der Waals surface area contributed by atoms with Crippen LogP contribution in [0.2, 0.25) is 0 Å². The van der Waals surface area contributed by atoms with Crippen molar-refractivity contribution in [3.8, 4) is 0 Å². The van der Waals surface area contributed by atoms with E-state index < -0.39 is 15.9 Å². The van der Waals surface area contributed by atoms with Crippen LogP contribution >= 0.6 is 23.2 Å². The molecule has 2 aliphatic rings. The van der Waals surface area contributed by atoms with Gasteiger partial charge >= 0.3 is 0 Å². The average molecular weight is 263 g/mol. The van der Waals surface area contributed by atoms with Gasteiger partial charge in [-0.3, -0.25) is 9.59 Å². The van der Waals surface area contributed by atoms with E-state index in [9.17, 15) is 9.59 Å². The molecule has 2 atom stereocenters. The van der Waals surface area contributed by atoms with E-state index in [0.717, 1.165) is 32.1 Å². The van der Waals surface area contributed by atoms with Crippen LogP contribution in [0, 0.1) is 17.3 Å². The molecular formula is C12H16Cl2O2. The molecule has 16 heavy (non-hydrogen) atoms. The first-order valence-corrected chi connectivity index (χ1v) is 6.74. The van der Waals surface area contributed by atoms with E-state index in [0.29, 0.717) is 12.3 Å². The topological polar surface area (TPSA) is 34.1 Å². The second-order valence-electron chi connectivity index (χ2n) is 5.06. The van der Waals surface area contributed by atoms with Crippen molar-refractivity contribution in [3.05, 3.63) is 0 Å². The Bertz CT molecular complexity index is 298. The number of fused-ring (bicyclic) bond motifs is 1. The molecule has 2 aliphatic carbocycles. The fourth-order valence-corrected chi connectivity index (χ4v) is 4.29. The van der Waals surface area contributed by atoms with Crippen LogP contribution in [0.4, 0.5) is 0 Å². The minimum Gasteiger partial charge on any atom is -0.280 e. The van der Waals surface area contributed by atoms with Crippen molar-refractivity contribution in [3.63, 3.8) is 0 Å². The Labute approximate surface area is 106 Å². The van der Waals surface area contributed by atoms with Crippen LogP contribution in [0.5, 0.6) is 0 Å². The average Bonchev–Trinajstić information content (AvgIpc) is 2.27. The molecule has 0 aromatic rings. The Morgan fingerprint density at radius 2 is 1.50 bits per heavy atom. The Morgan fingerprint density at radius 1 is 0.938 bits per heavy atom. The summed E-state index contributed by atoms with van der Waals surface area (Å²) >= 11 is 11.4. The molecule has 0 saturated heterocycles. The molecule has 0 amide bonds. The molecule has 0 N–H and O–H groups in total. The van der Waals surface area contributed by atoms with Gasteiger partial charge in [0, 0.05) is 0 Å². The summed E-state index contributed by atoms with van der Waals surface area (Å²) in [5.41, 5.74) is -1.08. The van der Waals surface area contributed by atoms with Crippen LogP contribution in [-0.2, 0) is 9.59 Å². The minimum absolute atomic E-state index is 0.0880. The highest BCUT2D eigenvalue weighted by atomic mass is 35.5. The summed E-state index contributed by atoms with van der Waals surface area (Å²) in [6.07, 6.45) is 6.85. The molecule has 0 radical (unpaired) electrons. The maximum absolute atomic E-state index is 11.7. The summed E-state index contributed by atoms with van der Waals surface area (Å²) in [6.45, 7) is 0. The Morgan fingerprint density at radius 3 is 2.12 bits per heavy atom. The lowest BCUT2D eigenvalue weighted by atomic mass is 9.58. The smallest absolute Gasteiger partial charge is 0.236 e. The molecule has 2 unspecified atom stereocenters. The van der Waals surface area contributed by atoms with E-state index in [1.807, 2.05) is 0 Å². The lowest BCUT2D eigenvalue weighted by Crippen LogP contribution is -2.48. The first-order valence-electron chi connectivity index (χ1n) is 5.99. The van der Waals surface area contributed by atoms with Crippen LogP contribution in [0.15, 0.2) is 0 Å². The van der Waals surface area contributed by atoms with Crippen molar-refractivity contribution in [2.75, 3.05) is 0 Å². The second kappa shape index (κ2) is 4.66. The third-order valence-corrected chi connectivity index (χ3v) is 5.06. The van der Waals surface area contributed by atoms with Crippen molar-refractivity contribution < 1.29 is 9.59 Å². The summed E-state index contributed by atoms with van der Waals surface area (Å²) in [7, 11) is 0. The molecule has 2 nitrogen and oxygen atoms in total. The molecule has 4 heteroatoms. The van der Waals surface area contributed by atoms with Crippen LogP contribution in [0.1, 0.15) is 44.9 Å². The number of rotatable bonds is 2. The van der Waals surface area contributed by atoms with Gasteiger partial charge in [-0.2, -0.15) is 0 Å². The first-order chi connectivity index (χ1) is 7.59. The molecular weight excluding hydrogens is 247 g/mol. The minimum atomic E-state index is -1.08. The van der Waals surface area contributed by atoms with Gasteiger partial charge in [0.05, 0.1) is 0 Å². The van der Waals surface area contributed by atoms with Gasteiger partial charge in [0.15, 0.2) is 0 Å². The number of hydrogen-bond donors (Lipinski definition) is 0. The summed E-state index contributed by atoms with van der Waals surface area (Å²) in [4.78, 5) is 23.4. The standard InChI is InChI=1S/C12H16Cl2O2/c13-10(15)12(11(14)16)7-3-5-8-4-1-2-6-9(8)12/h8-9H,1-7H2. The van der Waals surface area contributed by atoms with Gasteiger partial charge < -0.3 is 0 Å². The summed E-state index contributed by atoms with van der Waals surface area (Å²) in [5, 5.41) is -1.08. The quantitative estimate of drug-likeness (QED) is 0.564. The van der Waals surface area contributed by atoms with Gasteiger partial charge in [0.2, 0.25) is 10.5 Å². The molecule has 0 aromatic carbocycles. The van der Waals surface area contributed by atoms with Gasteiger partial charge in [-0.05, 0) is 47.9 Å². The van der Waals surface area contributed by atoms with Crippen LogP contribution in [0.3, 0.4) is 0 Å². The maximum Gasteiger partial charge on any atom is 0.236 e. The molecule has 0 spiro atoms. The molecule has 0 aliphatic heterocycles. The fraction of sp³-hybridized carbons (Fsp3) is 0.833. The van der Waals surface area contributed by atoms with Crippen molar-refractivity contribution in [2.45, 2.75) is 44.9 Å². The number of carbonyl (C=O) groups excluding carboxylic acids is 2. The van der Waals surface area contributed by atoms with Gasteiger partial charge in [0.25, 0.3) is 0 Å². The molecule has 2 saturated carbocycles. The molecule has 0 aromatic heterocycles. The third-order valence-electron chi connectivity index (χ3n) is 4.39. The normalized spacial score (nSPS) is 32.9. The zero-order chi connectivity index (χ0) is 11.8. The highest BCUT2D eigenvalue weighted by Crippen LogP contribution is 2.53. The zero-order valence-electron chi connectivity index (χ0n) is 9.18. The van der Waals surface area contributed by atoms with Crippen LogP contribution in [0.25, 0.3) is 0 Å². The predicted molar refractivity (Wildman–Crippen MR) is 63.5 cm³/mol. The maximum atomic E-state index is 11.7. The van der Waals surface area contributed by atoms with E-state index in [1.165, 1.54) is 6.42 Å². The van der Waals surface area contributed by atoms with Gasteiger partial charge in [-0.25, -0.2) is 0 Å². The van der Waals surface area contributed by atoms with E-state index >= 15 is 0 Å². The predicted octanol–water partition coefficient (Wildman–Crippen LogP) is 3.49. The largest absolute Gasteiger partial charge is 0.280 e. The highest BCUT2D eigenvalue weighted by Gasteiger charge is 2.54. The van der Waals surface area contributed by atoms with E-state index in [2.05, 4.69) is 0 Å². The molecule has 2 rings (SSSR count). The fourth-order valence-electron chi connectivity index (χ4n) is 3.60. The highest BCUT2D eigenvalue weighted by molar-refractivity contribution is 6.74. The Balaban J connectivity index is 2.35. The van der Waals surface area contributed by atoms with Gasteiger partial charge in [0.1, 0.15) is 5.41 Å². The Hall–Kier alpha value is -0.0800. The van der Waals surface area contributed by atoms with Crippen molar-refractivity contribution in [2.24, 2.45) is 17.3 Å². The number of carbonyl (C=O) groups is 2. The van der Waals surface area contributed by atoms with Crippen LogP contribution < -0.4 is 0 Å². The molecule has 0 heterocycles. The van der Waals surface area contributed by atoms with Gasteiger partial charge in [-0.15, -0.1) is 0 Å². The SMILES string of the molecule is O=C(Cl)C1(C(=O)Cl)CCCC2CCCCC21. The third kappa shape index (κ3) is 1.80. The number of halogens is 2. The van der Waals surface area contributed by atoms with Crippen molar-refractivity contribution >= 4 is 33.7 Å². The Kier molecular flexibility index (Phi) is 3.60. The van der Waals surface area contributed by atoms with Crippen LogP contribution in [-0.4, -0.2) is 10.5 Å². The summed E-state index contributed by atoms with van der Waals surface area (Å²) in [5.74, 6) is 0.554. The summed E-state index contributed by atoms with van der Waals surface area (Å²) < 4.78 is 0. The summed E-state index contributed by atoms with van der Waals surface area (Å²) in [6, 6.07) is 0. The van der Waals surface area contributed by atoms with E-state index in [4.69, 9.17) is 23.2 Å². The lowest BCUT2D eigenvalue weighted by molar-refractivity contribution is -0.141. The second-order valence-corrected chi connectivity index (χ2v) is 5.75. The van der Waals surface area contributed by atoms with E-state index in [-0.39, 0.29) is 5.92 Å². The molecule has 2 fully saturated rings. The zero-order valence-corrected chi connectivity index (χ0v) is 10.7. The number of hydrogen-bond acceptors (Lipinski definition) is 2. The monoisotopic (exact) mass is 262 g/mol. The molecule has 90 valence electrons. The first kappa shape index (κ1) is 12.4. The lowest BCUT2D eigenvalue weighted by Gasteiger charge is -2.46. The molecule has 0 bridgehead atoms. The van der Waals surface area contributed by atoms with Gasteiger partial charge in [-0.1, -0.05) is 32.1 Å². The van der Waals surface area contributed by atoms with Crippen molar-refractivity contribution in [1.82, 2.24) is 0 Å². The van der Waals surface area contributed by atoms with E-state index in [1.54, 1.807) is 0 Å².